The van der Waals surface area contributed by atoms with Crippen molar-refractivity contribution < 1.29 is 28.6 Å². The number of hydrogen-bond acceptors (Lipinski definition) is 6. The molecule has 0 N–H and O–H groups in total. The van der Waals surface area contributed by atoms with Crippen molar-refractivity contribution in [2.45, 2.75) is 393 Å². The Morgan fingerprint density at radius 3 is 0.732 bits per heavy atom. The molecular weight excluding hydrogens is 1010 g/mol. The Balaban J connectivity index is 4.24. The van der Waals surface area contributed by atoms with Crippen LogP contribution in [0.1, 0.15) is 387 Å². The zero-order valence-electron chi connectivity index (χ0n) is 55.0. The molecule has 0 bridgehead atoms. The second-order valence-electron chi connectivity index (χ2n) is 24.5. The third kappa shape index (κ3) is 67.9. The van der Waals surface area contributed by atoms with E-state index in [0.717, 1.165) is 96.3 Å². The molecule has 0 rings (SSSR count). The zero-order chi connectivity index (χ0) is 59.2. The molecule has 0 saturated carbocycles. The Kier molecular flexibility index (Phi) is 68.1. The van der Waals surface area contributed by atoms with Gasteiger partial charge >= 0.3 is 17.9 Å². The number of carbonyl (C=O) groups is 3. The van der Waals surface area contributed by atoms with Crippen molar-refractivity contribution in [1.82, 2.24) is 0 Å². The maximum absolute atomic E-state index is 13.0. The van der Waals surface area contributed by atoms with E-state index in [0.29, 0.717) is 19.3 Å². The van der Waals surface area contributed by atoms with E-state index in [4.69, 9.17) is 14.2 Å². The van der Waals surface area contributed by atoms with Crippen LogP contribution in [0, 0.1) is 0 Å². The molecule has 0 aromatic carbocycles. The molecule has 1 unspecified atom stereocenters. The summed E-state index contributed by atoms with van der Waals surface area (Å²) in [6.45, 7) is 6.61. The summed E-state index contributed by atoms with van der Waals surface area (Å²) >= 11 is 0. The molecule has 0 amide bonds. The monoisotopic (exact) mass is 1150 g/mol. The summed E-state index contributed by atoms with van der Waals surface area (Å²) in [6, 6.07) is 0. The van der Waals surface area contributed by atoms with Crippen molar-refractivity contribution in [2.75, 3.05) is 13.2 Å². The van der Waals surface area contributed by atoms with Gasteiger partial charge < -0.3 is 14.2 Å². The number of unbranched alkanes of at least 4 members (excludes halogenated alkanes) is 46. The Bertz CT molecular complexity index is 1460. The van der Waals surface area contributed by atoms with Crippen molar-refractivity contribution in [1.29, 1.82) is 0 Å². The molecule has 0 heterocycles. The van der Waals surface area contributed by atoms with Crippen molar-refractivity contribution in [3.63, 3.8) is 0 Å². The fourth-order valence-corrected chi connectivity index (χ4v) is 10.8. The van der Waals surface area contributed by atoms with Crippen LogP contribution in [0.2, 0.25) is 0 Å². The molecule has 0 saturated heterocycles. The van der Waals surface area contributed by atoms with E-state index in [1.54, 1.807) is 0 Å². The van der Waals surface area contributed by atoms with Crippen molar-refractivity contribution in [3.8, 4) is 0 Å². The lowest BCUT2D eigenvalue weighted by Gasteiger charge is -2.18. The molecule has 0 radical (unpaired) electrons. The highest BCUT2D eigenvalue weighted by molar-refractivity contribution is 5.71. The van der Waals surface area contributed by atoms with Crippen LogP contribution in [-0.4, -0.2) is 37.2 Å². The average molecular weight is 1150 g/mol. The summed E-state index contributed by atoms with van der Waals surface area (Å²) in [7, 11) is 0. The van der Waals surface area contributed by atoms with Gasteiger partial charge in [0, 0.05) is 19.3 Å². The third-order valence-corrected chi connectivity index (χ3v) is 16.2. The van der Waals surface area contributed by atoms with Crippen LogP contribution < -0.4 is 0 Å². The van der Waals surface area contributed by atoms with Gasteiger partial charge in [-0.15, -0.1) is 0 Å². The number of allylic oxidation sites excluding steroid dienone is 10. The van der Waals surface area contributed by atoms with Crippen molar-refractivity contribution >= 4 is 17.9 Å². The van der Waals surface area contributed by atoms with Crippen LogP contribution in [0.25, 0.3) is 0 Å². The van der Waals surface area contributed by atoms with Crippen LogP contribution in [0.3, 0.4) is 0 Å². The fourth-order valence-electron chi connectivity index (χ4n) is 10.8. The van der Waals surface area contributed by atoms with Crippen LogP contribution in [0.4, 0.5) is 0 Å². The summed E-state index contributed by atoms with van der Waals surface area (Å²) in [5.41, 5.74) is 0. The topological polar surface area (TPSA) is 78.9 Å². The Labute approximate surface area is 510 Å². The molecule has 6 nitrogen and oxygen atoms in total. The number of rotatable bonds is 67. The predicted molar refractivity (Wildman–Crippen MR) is 358 cm³/mol. The molecule has 1 atom stereocenters. The molecule has 0 aliphatic rings. The Morgan fingerprint density at radius 2 is 0.463 bits per heavy atom. The maximum Gasteiger partial charge on any atom is 0.306 e. The van der Waals surface area contributed by atoms with E-state index in [1.165, 1.54) is 250 Å². The van der Waals surface area contributed by atoms with E-state index >= 15 is 0 Å². The summed E-state index contributed by atoms with van der Waals surface area (Å²) in [4.78, 5) is 38.4. The Hall–Kier alpha value is -2.89. The van der Waals surface area contributed by atoms with Crippen molar-refractivity contribution in [2.24, 2.45) is 0 Å². The minimum Gasteiger partial charge on any atom is -0.462 e. The smallest absolute Gasteiger partial charge is 0.306 e. The molecule has 6 heteroatoms. The molecule has 0 aromatic heterocycles. The first-order valence-electron chi connectivity index (χ1n) is 36.3. The van der Waals surface area contributed by atoms with Gasteiger partial charge in [-0.1, -0.05) is 345 Å². The molecule has 478 valence electrons. The van der Waals surface area contributed by atoms with E-state index in [-0.39, 0.29) is 31.1 Å². The van der Waals surface area contributed by atoms with Gasteiger partial charge in [-0.25, -0.2) is 0 Å². The highest BCUT2D eigenvalue weighted by atomic mass is 16.6. The average Bonchev–Trinajstić information content (AvgIpc) is 3.47. The van der Waals surface area contributed by atoms with Crippen molar-refractivity contribution in [3.05, 3.63) is 60.8 Å². The van der Waals surface area contributed by atoms with Crippen LogP contribution in [0.15, 0.2) is 60.8 Å². The Morgan fingerprint density at radius 1 is 0.244 bits per heavy atom. The maximum atomic E-state index is 13.0. The lowest BCUT2D eigenvalue weighted by molar-refractivity contribution is -0.167. The first-order chi connectivity index (χ1) is 40.5. The van der Waals surface area contributed by atoms with Crippen LogP contribution in [-0.2, 0) is 28.6 Å². The summed E-state index contributed by atoms with van der Waals surface area (Å²) < 4.78 is 17.0. The minimum atomic E-state index is -0.783. The fraction of sp³-hybridized carbons (Fsp3) is 0.829. The molecule has 0 spiro atoms. The quantitative estimate of drug-likeness (QED) is 0.0261. The van der Waals surface area contributed by atoms with Gasteiger partial charge in [0.25, 0.3) is 0 Å². The molecule has 0 fully saturated rings. The van der Waals surface area contributed by atoms with Gasteiger partial charge in [0.15, 0.2) is 6.10 Å². The molecule has 82 heavy (non-hydrogen) atoms. The lowest BCUT2D eigenvalue weighted by atomic mass is 10.0. The van der Waals surface area contributed by atoms with Crippen LogP contribution >= 0.6 is 0 Å². The largest absolute Gasteiger partial charge is 0.462 e. The van der Waals surface area contributed by atoms with E-state index < -0.39 is 6.10 Å². The van der Waals surface area contributed by atoms with Gasteiger partial charge in [0.1, 0.15) is 13.2 Å². The number of ether oxygens (including phenoxy) is 3. The van der Waals surface area contributed by atoms with Gasteiger partial charge in [0.2, 0.25) is 0 Å². The second kappa shape index (κ2) is 70.6. The minimum absolute atomic E-state index is 0.0766. The summed E-state index contributed by atoms with van der Waals surface area (Å²) in [6.07, 6.45) is 91.2. The van der Waals surface area contributed by atoms with Crippen LogP contribution in [0.5, 0.6) is 0 Å². The number of hydrogen-bond donors (Lipinski definition) is 0. The van der Waals surface area contributed by atoms with Gasteiger partial charge in [-0.05, 0) is 83.5 Å². The first kappa shape index (κ1) is 79.1. The highest BCUT2D eigenvalue weighted by Crippen LogP contribution is 2.18. The zero-order valence-corrected chi connectivity index (χ0v) is 55.0. The van der Waals surface area contributed by atoms with E-state index in [9.17, 15) is 14.4 Å². The standard InChI is InChI=1S/C76H138O6/c1-4-7-10-13-16-19-22-25-27-29-31-33-35-37-39-40-42-44-46-48-51-54-57-60-63-66-69-75(78)81-72-73(71-80-74(77)68-65-62-59-56-53-50-24-21-18-15-12-9-6-3)82-76(79)70-67-64-61-58-55-52-49-47-45-43-41-38-36-34-32-30-28-26-23-20-17-14-11-8-5-2/h12,15,21,23-24,26,30,32,36,38,73H,4-11,13-14,16-20,22,25,27-29,31,33-35,37,39-72H2,1-3H3/b15-12-,24-21-,26-23-,32-30-,38-36-. The molecule has 0 aromatic rings. The third-order valence-electron chi connectivity index (χ3n) is 16.2. The molecular formula is C76H138O6. The summed E-state index contributed by atoms with van der Waals surface area (Å²) in [5.74, 6) is -0.872. The summed E-state index contributed by atoms with van der Waals surface area (Å²) in [5, 5.41) is 0. The molecule has 0 aliphatic carbocycles. The lowest BCUT2D eigenvalue weighted by Crippen LogP contribution is -2.30. The normalized spacial score (nSPS) is 12.4. The highest BCUT2D eigenvalue weighted by Gasteiger charge is 2.19. The number of carbonyl (C=O) groups excluding carboxylic acids is 3. The second-order valence-corrected chi connectivity index (χ2v) is 24.5. The van der Waals surface area contributed by atoms with Gasteiger partial charge in [-0.2, -0.15) is 0 Å². The van der Waals surface area contributed by atoms with Gasteiger partial charge in [0.05, 0.1) is 0 Å². The van der Waals surface area contributed by atoms with E-state index in [1.807, 2.05) is 0 Å². The molecule has 0 aliphatic heterocycles. The van der Waals surface area contributed by atoms with Gasteiger partial charge in [-0.3, -0.25) is 14.4 Å². The first-order valence-corrected chi connectivity index (χ1v) is 36.3. The SMILES string of the molecule is CCC/C=C\C/C=C\CCCCCCCC(=O)OCC(COC(=O)CCCCCCCCCCCCCCCCCCCCCCCCCCCC)OC(=O)CCCCCCCCCCCC/C=C\C/C=C\C/C=C\CCCCCCC. The van der Waals surface area contributed by atoms with E-state index in [2.05, 4.69) is 81.5 Å². The number of esters is 3. The predicted octanol–water partition coefficient (Wildman–Crippen LogP) is 25.1.